The van der Waals surface area contributed by atoms with Crippen LogP contribution < -0.4 is 10.9 Å². The zero-order chi connectivity index (χ0) is 18.1. The Hall–Kier alpha value is -2.50. The van der Waals surface area contributed by atoms with Crippen LogP contribution in [0.25, 0.3) is 11.4 Å². The summed E-state index contributed by atoms with van der Waals surface area (Å²) in [5.74, 6) is 0.381. The summed E-state index contributed by atoms with van der Waals surface area (Å²) < 4.78 is 0. The number of unbranched alkanes of at least 4 members (excludes halogenated alkanes) is 3. The standard InChI is InChI=1S/C19H26N4O2/c1-3-5-6-10-13-16(24)20-15(4-2)17-19(25)21-18(23-22-17)14-11-8-7-9-12-14/h7-9,11-12,15H,3-6,10,13H2,1-2H3,(H,20,24)(H,21,23,25). The Kier molecular flexibility index (Phi) is 7.32. The van der Waals surface area contributed by atoms with Gasteiger partial charge in [0.1, 0.15) is 0 Å². The average molecular weight is 342 g/mol. The van der Waals surface area contributed by atoms with Crippen molar-refractivity contribution >= 4 is 5.91 Å². The molecular weight excluding hydrogens is 316 g/mol. The quantitative estimate of drug-likeness (QED) is 0.684. The molecule has 0 aliphatic heterocycles. The van der Waals surface area contributed by atoms with Crippen LogP contribution in [0.3, 0.4) is 0 Å². The minimum absolute atomic E-state index is 0.0451. The number of hydrogen-bond acceptors (Lipinski definition) is 4. The third-order valence-corrected chi connectivity index (χ3v) is 4.10. The van der Waals surface area contributed by atoms with Gasteiger partial charge in [-0.05, 0) is 12.8 Å². The first kappa shape index (κ1) is 18.8. The van der Waals surface area contributed by atoms with Crippen LogP contribution in [0.1, 0.15) is 64.1 Å². The van der Waals surface area contributed by atoms with Crippen molar-refractivity contribution in [3.05, 3.63) is 46.4 Å². The van der Waals surface area contributed by atoms with E-state index in [1.165, 1.54) is 0 Å². The topological polar surface area (TPSA) is 87.7 Å². The molecule has 0 aliphatic rings. The van der Waals surface area contributed by atoms with Crippen molar-refractivity contribution in [1.29, 1.82) is 0 Å². The first-order valence-corrected chi connectivity index (χ1v) is 8.97. The molecule has 0 radical (unpaired) electrons. The van der Waals surface area contributed by atoms with Crippen LogP contribution in [0.2, 0.25) is 0 Å². The Balaban J connectivity index is 2.05. The Labute approximate surface area is 148 Å². The molecule has 0 bridgehead atoms. The van der Waals surface area contributed by atoms with E-state index in [0.717, 1.165) is 31.2 Å². The van der Waals surface area contributed by atoms with E-state index in [0.29, 0.717) is 18.7 Å². The van der Waals surface area contributed by atoms with E-state index in [-0.39, 0.29) is 17.2 Å². The summed E-state index contributed by atoms with van der Waals surface area (Å²) in [6.45, 7) is 4.05. The summed E-state index contributed by atoms with van der Waals surface area (Å²) in [5.41, 5.74) is 0.739. The zero-order valence-electron chi connectivity index (χ0n) is 14.9. The van der Waals surface area contributed by atoms with Gasteiger partial charge in [-0.2, -0.15) is 0 Å². The highest BCUT2D eigenvalue weighted by atomic mass is 16.2. The van der Waals surface area contributed by atoms with Crippen molar-refractivity contribution in [2.75, 3.05) is 0 Å². The van der Waals surface area contributed by atoms with Gasteiger partial charge in [0.25, 0.3) is 5.56 Å². The first-order valence-electron chi connectivity index (χ1n) is 8.97. The molecule has 6 heteroatoms. The fourth-order valence-electron chi connectivity index (χ4n) is 2.64. The second-order valence-electron chi connectivity index (χ2n) is 6.09. The molecule has 1 unspecified atom stereocenters. The van der Waals surface area contributed by atoms with Crippen molar-refractivity contribution in [3.8, 4) is 11.4 Å². The molecule has 1 aromatic carbocycles. The van der Waals surface area contributed by atoms with Gasteiger partial charge in [-0.1, -0.05) is 63.4 Å². The van der Waals surface area contributed by atoms with Gasteiger partial charge in [-0.15, -0.1) is 10.2 Å². The van der Waals surface area contributed by atoms with Gasteiger partial charge in [-0.25, -0.2) is 0 Å². The fourth-order valence-corrected chi connectivity index (χ4v) is 2.64. The summed E-state index contributed by atoms with van der Waals surface area (Å²) in [5, 5.41) is 11.1. The highest BCUT2D eigenvalue weighted by Gasteiger charge is 2.18. The molecule has 0 saturated heterocycles. The number of nitrogens with zero attached hydrogens (tertiary/aromatic N) is 2. The number of rotatable bonds is 9. The largest absolute Gasteiger partial charge is 0.347 e. The Morgan fingerprint density at radius 3 is 2.52 bits per heavy atom. The summed E-state index contributed by atoms with van der Waals surface area (Å²) in [4.78, 5) is 27.2. The van der Waals surface area contributed by atoms with Crippen molar-refractivity contribution in [2.45, 2.75) is 58.4 Å². The molecule has 2 aromatic rings. The number of carbonyl (C=O) groups excluding carboxylic acids is 1. The molecule has 0 spiro atoms. The molecule has 2 rings (SSSR count). The summed E-state index contributed by atoms with van der Waals surface area (Å²) >= 11 is 0. The molecule has 1 aromatic heterocycles. The SMILES string of the molecule is CCCCCCC(=O)NC(CC)c1nnc(-c2ccccc2)[nH]c1=O. The van der Waals surface area contributed by atoms with Gasteiger partial charge in [0.15, 0.2) is 11.5 Å². The number of amides is 1. The molecule has 2 N–H and O–H groups in total. The van der Waals surface area contributed by atoms with E-state index in [2.05, 4.69) is 27.4 Å². The Morgan fingerprint density at radius 1 is 1.12 bits per heavy atom. The number of hydrogen-bond donors (Lipinski definition) is 2. The lowest BCUT2D eigenvalue weighted by Crippen LogP contribution is -2.33. The Morgan fingerprint density at radius 2 is 1.88 bits per heavy atom. The summed E-state index contributed by atoms with van der Waals surface area (Å²) in [6.07, 6.45) is 5.25. The third-order valence-electron chi connectivity index (χ3n) is 4.10. The van der Waals surface area contributed by atoms with Crippen LogP contribution in [0, 0.1) is 0 Å². The van der Waals surface area contributed by atoms with Crippen molar-refractivity contribution in [3.63, 3.8) is 0 Å². The highest BCUT2D eigenvalue weighted by Crippen LogP contribution is 2.14. The lowest BCUT2D eigenvalue weighted by Gasteiger charge is -2.15. The molecule has 1 atom stereocenters. The van der Waals surface area contributed by atoms with E-state index in [4.69, 9.17) is 0 Å². The highest BCUT2D eigenvalue weighted by molar-refractivity contribution is 5.76. The van der Waals surface area contributed by atoms with E-state index in [9.17, 15) is 9.59 Å². The second kappa shape index (κ2) is 9.71. The molecule has 1 amide bonds. The number of aromatic amines is 1. The monoisotopic (exact) mass is 342 g/mol. The van der Waals surface area contributed by atoms with Crippen LogP contribution in [-0.4, -0.2) is 21.1 Å². The van der Waals surface area contributed by atoms with Crippen LogP contribution in [-0.2, 0) is 4.79 Å². The number of benzene rings is 1. The molecule has 6 nitrogen and oxygen atoms in total. The minimum atomic E-state index is -0.417. The lowest BCUT2D eigenvalue weighted by atomic mass is 10.1. The maximum Gasteiger partial charge on any atom is 0.275 e. The van der Waals surface area contributed by atoms with Crippen LogP contribution >= 0.6 is 0 Å². The normalized spacial score (nSPS) is 11.9. The van der Waals surface area contributed by atoms with Gasteiger partial charge in [-0.3, -0.25) is 9.59 Å². The van der Waals surface area contributed by atoms with Gasteiger partial charge in [0.05, 0.1) is 6.04 Å². The zero-order valence-corrected chi connectivity index (χ0v) is 14.9. The predicted molar refractivity (Wildman–Crippen MR) is 98.0 cm³/mol. The van der Waals surface area contributed by atoms with Crippen molar-refractivity contribution < 1.29 is 4.79 Å². The molecule has 0 aliphatic carbocycles. The van der Waals surface area contributed by atoms with Crippen LogP contribution in [0.5, 0.6) is 0 Å². The number of H-pyrrole nitrogens is 1. The van der Waals surface area contributed by atoms with Crippen molar-refractivity contribution in [1.82, 2.24) is 20.5 Å². The summed E-state index contributed by atoms with van der Waals surface area (Å²) in [7, 11) is 0. The average Bonchev–Trinajstić information content (AvgIpc) is 2.64. The fraction of sp³-hybridized carbons (Fsp3) is 0.474. The third kappa shape index (κ3) is 5.52. The van der Waals surface area contributed by atoms with Crippen LogP contribution in [0.4, 0.5) is 0 Å². The van der Waals surface area contributed by atoms with Crippen LogP contribution in [0.15, 0.2) is 35.1 Å². The van der Waals surface area contributed by atoms with E-state index in [1.54, 1.807) is 0 Å². The number of aromatic nitrogens is 3. The number of nitrogens with one attached hydrogen (secondary N) is 2. The van der Waals surface area contributed by atoms with E-state index >= 15 is 0 Å². The van der Waals surface area contributed by atoms with E-state index in [1.807, 2.05) is 37.3 Å². The minimum Gasteiger partial charge on any atom is -0.347 e. The Bertz CT molecular complexity index is 728. The lowest BCUT2D eigenvalue weighted by molar-refractivity contribution is -0.122. The maximum absolute atomic E-state index is 12.4. The second-order valence-corrected chi connectivity index (χ2v) is 6.09. The van der Waals surface area contributed by atoms with Gasteiger partial charge < -0.3 is 10.3 Å². The molecule has 25 heavy (non-hydrogen) atoms. The smallest absolute Gasteiger partial charge is 0.275 e. The molecule has 0 fully saturated rings. The molecule has 134 valence electrons. The first-order chi connectivity index (χ1) is 12.2. The van der Waals surface area contributed by atoms with E-state index < -0.39 is 6.04 Å². The predicted octanol–water partition coefficient (Wildman–Crippen LogP) is 3.37. The number of carbonyl (C=O) groups is 1. The van der Waals surface area contributed by atoms with Crippen molar-refractivity contribution in [2.24, 2.45) is 0 Å². The van der Waals surface area contributed by atoms with Gasteiger partial charge in [0, 0.05) is 12.0 Å². The molecular formula is C19H26N4O2. The van der Waals surface area contributed by atoms with Gasteiger partial charge >= 0.3 is 0 Å². The molecule has 0 saturated carbocycles. The maximum atomic E-state index is 12.4. The molecule has 1 heterocycles. The van der Waals surface area contributed by atoms with Gasteiger partial charge in [0.2, 0.25) is 5.91 Å². The summed E-state index contributed by atoms with van der Waals surface area (Å²) in [6, 6.07) is 8.93.